The van der Waals surface area contributed by atoms with Crippen LogP contribution in [0.15, 0.2) is 15.5 Å². The molecular weight excluding hydrogens is 362 g/mol. The van der Waals surface area contributed by atoms with Gasteiger partial charge < -0.3 is 4.52 Å². The Kier molecular flexibility index (Phi) is 5.45. The Bertz CT molecular complexity index is 913. The van der Waals surface area contributed by atoms with E-state index in [0.29, 0.717) is 29.5 Å². The van der Waals surface area contributed by atoms with Crippen LogP contribution in [-0.2, 0) is 15.6 Å². The van der Waals surface area contributed by atoms with Crippen LogP contribution in [-0.4, -0.2) is 18.6 Å². The third kappa shape index (κ3) is 3.80. The molecule has 0 atom stereocenters. The maximum atomic E-state index is 13.5. The van der Waals surface area contributed by atoms with Crippen molar-refractivity contribution in [3.05, 3.63) is 40.0 Å². The smallest absolute Gasteiger partial charge is 0.242 e. The van der Waals surface area contributed by atoms with E-state index < -0.39 is 15.6 Å². The van der Waals surface area contributed by atoms with Crippen molar-refractivity contribution in [2.45, 2.75) is 83.6 Å². The average molecular weight is 392 g/mol. The van der Waals surface area contributed by atoms with Crippen molar-refractivity contribution in [3.63, 3.8) is 0 Å². The lowest BCUT2D eigenvalue weighted by Crippen LogP contribution is -2.46. The summed E-state index contributed by atoms with van der Waals surface area (Å²) in [6.07, 6.45) is 5.38. The van der Waals surface area contributed by atoms with Crippen LogP contribution in [0.3, 0.4) is 0 Å². The van der Waals surface area contributed by atoms with Crippen LogP contribution in [0.5, 0.6) is 0 Å². The number of aryl methyl sites for hydroxylation is 3. The molecule has 148 valence electrons. The summed E-state index contributed by atoms with van der Waals surface area (Å²) in [5, 5.41) is 4.10. The summed E-state index contributed by atoms with van der Waals surface area (Å²) in [5.41, 5.74) is 2.72. The zero-order valence-corrected chi connectivity index (χ0v) is 17.7. The summed E-state index contributed by atoms with van der Waals surface area (Å²) in [5.74, 6) is 0.900. The van der Waals surface area contributed by atoms with Crippen molar-refractivity contribution in [1.29, 1.82) is 0 Å². The molecule has 0 aliphatic heterocycles. The minimum absolute atomic E-state index is 0.379. The second-order valence-electron chi connectivity index (χ2n) is 7.83. The van der Waals surface area contributed by atoms with Crippen molar-refractivity contribution in [2.24, 2.45) is 0 Å². The zero-order chi connectivity index (χ0) is 19.8. The lowest BCUT2D eigenvalue weighted by atomic mass is 9.91. The third-order valence-electron chi connectivity index (χ3n) is 5.81. The van der Waals surface area contributed by atoms with Gasteiger partial charge in [0.15, 0.2) is 5.82 Å². The molecule has 1 aliphatic rings. The second-order valence-corrected chi connectivity index (χ2v) is 9.45. The van der Waals surface area contributed by atoms with Crippen LogP contribution >= 0.6 is 0 Å². The molecule has 6 nitrogen and oxygen atoms in total. The normalized spacial score (nSPS) is 17.7. The van der Waals surface area contributed by atoms with E-state index in [1.54, 1.807) is 6.92 Å². The molecule has 0 bridgehead atoms. The third-order valence-corrected chi connectivity index (χ3v) is 7.62. The molecule has 0 amide bonds. The van der Waals surface area contributed by atoms with Crippen LogP contribution in [0, 0.1) is 34.6 Å². The maximum Gasteiger partial charge on any atom is 0.242 e. The van der Waals surface area contributed by atoms with Gasteiger partial charge in [0.2, 0.25) is 15.9 Å². The number of aromatic nitrogens is 2. The van der Waals surface area contributed by atoms with Crippen molar-refractivity contribution in [1.82, 2.24) is 14.9 Å². The highest BCUT2D eigenvalue weighted by molar-refractivity contribution is 7.89. The van der Waals surface area contributed by atoms with E-state index in [1.165, 1.54) is 0 Å². The molecule has 0 unspecified atom stereocenters. The van der Waals surface area contributed by atoms with Gasteiger partial charge in [-0.05, 0) is 62.8 Å². The monoisotopic (exact) mass is 391 g/mol. The predicted molar refractivity (Wildman–Crippen MR) is 104 cm³/mol. The molecule has 7 heteroatoms. The first-order valence-corrected chi connectivity index (χ1v) is 11.1. The molecule has 0 saturated heterocycles. The van der Waals surface area contributed by atoms with Crippen LogP contribution in [0.25, 0.3) is 0 Å². The molecule has 1 aromatic heterocycles. The van der Waals surface area contributed by atoms with Gasteiger partial charge in [-0.3, -0.25) is 0 Å². The minimum Gasteiger partial charge on any atom is -0.340 e. The van der Waals surface area contributed by atoms with Gasteiger partial charge in [-0.25, -0.2) is 8.42 Å². The first kappa shape index (κ1) is 20.0. The fourth-order valence-corrected chi connectivity index (χ4v) is 6.13. The lowest BCUT2D eigenvalue weighted by molar-refractivity contribution is 0.301. The van der Waals surface area contributed by atoms with Gasteiger partial charge in [0.05, 0.1) is 10.4 Å². The summed E-state index contributed by atoms with van der Waals surface area (Å²) >= 11 is 0. The molecule has 3 rings (SSSR count). The summed E-state index contributed by atoms with van der Waals surface area (Å²) < 4.78 is 35.3. The highest BCUT2D eigenvalue weighted by atomic mass is 32.2. The predicted octanol–water partition coefficient (Wildman–Crippen LogP) is 4.14. The molecule has 27 heavy (non-hydrogen) atoms. The Morgan fingerprint density at radius 2 is 1.52 bits per heavy atom. The van der Waals surface area contributed by atoms with Crippen molar-refractivity contribution in [2.75, 3.05) is 0 Å². The molecule has 1 heterocycles. The first-order chi connectivity index (χ1) is 12.7. The average Bonchev–Trinajstić information content (AvgIpc) is 2.89. The molecule has 1 aliphatic carbocycles. The van der Waals surface area contributed by atoms with Crippen LogP contribution in [0.4, 0.5) is 0 Å². The van der Waals surface area contributed by atoms with E-state index in [9.17, 15) is 8.42 Å². The number of hydrogen-bond acceptors (Lipinski definition) is 5. The van der Waals surface area contributed by atoms with E-state index >= 15 is 0 Å². The van der Waals surface area contributed by atoms with Crippen LogP contribution < -0.4 is 4.72 Å². The summed E-state index contributed by atoms with van der Waals surface area (Å²) in [7, 11) is -3.75. The molecule has 1 fully saturated rings. The van der Waals surface area contributed by atoms with E-state index in [1.807, 2.05) is 33.8 Å². The Balaban J connectivity index is 2.11. The number of hydrogen-bond donors (Lipinski definition) is 1. The van der Waals surface area contributed by atoms with Gasteiger partial charge in [-0.15, -0.1) is 0 Å². The van der Waals surface area contributed by atoms with Crippen molar-refractivity contribution in [3.8, 4) is 0 Å². The zero-order valence-electron chi connectivity index (χ0n) is 16.8. The Labute approximate surface area is 161 Å². The van der Waals surface area contributed by atoms with E-state index in [2.05, 4.69) is 14.9 Å². The Hall–Kier alpha value is -1.73. The highest BCUT2D eigenvalue weighted by Crippen LogP contribution is 2.37. The lowest BCUT2D eigenvalue weighted by Gasteiger charge is -2.31. The maximum absolute atomic E-state index is 13.5. The molecular formula is C20H29N3O3S. The minimum atomic E-state index is -3.75. The number of benzene rings is 1. The van der Waals surface area contributed by atoms with Crippen molar-refractivity contribution < 1.29 is 12.9 Å². The van der Waals surface area contributed by atoms with Gasteiger partial charge >= 0.3 is 0 Å². The molecule has 2 aromatic rings. The topological polar surface area (TPSA) is 85.1 Å². The SMILES string of the molecule is Cc1nc(C2(NS(=O)(=O)c3c(C)c(C)cc(C)c3C)CCCCCC2)no1. The van der Waals surface area contributed by atoms with Gasteiger partial charge in [0, 0.05) is 6.92 Å². The van der Waals surface area contributed by atoms with Gasteiger partial charge in [-0.1, -0.05) is 36.9 Å². The Morgan fingerprint density at radius 1 is 0.963 bits per heavy atom. The van der Waals surface area contributed by atoms with E-state index in [4.69, 9.17) is 4.52 Å². The summed E-state index contributed by atoms with van der Waals surface area (Å²) in [6, 6.07) is 2.04. The number of nitrogens with one attached hydrogen (secondary N) is 1. The van der Waals surface area contributed by atoms with Gasteiger partial charge in [0.1, 0.15) is 0 Å². The Morgan fingerprint density at radius 3 is 2.00 bits per heavy atom. The fraction of sp³-hybridized carbons (Fsp3) is 0.600. The van der Waals surface area contributed by atoms with Crippen molar-refractivity contribution >= 4 is 10.0 Å². The summed E-state index contributed by atoms with van der Waals surface area (Å²) in [4.78, 5) is 4.78. The molecule has 1 aromatic carbocycles. The highest BCUT2D eigenvalue weighted by Gasteiger charge is 2.42. The molecule has 1 N–H and O–H groups in total. The van der Waals surface area contributed by atoms with E-state index in [0.717, 1.165) is 47.9 Å². The fourth-order valence-electron chi connectivity index (χ4n) is 4.09. The second kappa shape index (κ2) is 7.36. The number of nitrogens with zero attached hydrogens (tertiary/aromatic N) is 2. The quantitative estimate of drug-likeness (QED) is 0.792. The number of rotatable bonds is 4. The largest absolute Gasteiger partial charge is 0.340 e. The molecule has 0 spiro atoms. The van der Waals surface area contributed by atoms with Gasteiger partial charge in [-0.2, -0.15) is 9.71 Å². The summed E-state index contributed by atoms with van der Waals surface area (Å²) in [6.45, 7) is 9.37. The van der Waals surface area contributed by atoms with Crippen LogP contribution in [0.2, 0.25) is 0 Å². The number of sulfonamides is 1. The standard InChI is InChI=1S/C20H29N3O3S/c1-13-12-14(2)16(4)18(15(13)3)27(24,25)23-20(10-8-6-7-9-11-20)19-21-17(5)26-22-19/h12,23H,6-11H2,1-5H3. The molecule has 1 saturated carbocycles. The van der Waals surface area contributed by atoms with E-state index in [-0.39, 0.29) is 0 Å². The first-order valence-electron chi connectivity index (χ1n) is 9.58. The van der Waals surface area contributed by atoms with Crippen LogP contribution in [0.1, 0.15) is 72.5 Å². The molecule has 0 radical (unpaired) electrons. The van der Waals surface area contributed by atoms with Gasteiger partial charge in [0.25, 0.3) is 0 Å².